The van der Waals surface area contributed by atoms with Crippen LogP contribution in [0.15, 0.2) is 67.0 Å². The maximum Gasteiger partial charge on any atom is 0.123 e. The summed E-state index contributed by atoms with van der Waals surface area (Å²) in [7, 11) is 2.11. The maximum absolute atomic E-state index is 10.5. The first-order valence-electron chi connectivity index (χ1n) is 11.6. The molecule has 32 heavy (non-hydrogen) atoms. The van der Waals surface area contributed by atoms with E-state index in [4.69, 9.17) is 4.74 Å². The molecule has 0 bridgehead atoms. The van der Waals surface area contributed by atoms with Gasteiger partial charge in [0.05, 0.1) is 5.69 Å². The molecule has 1 N–H and O–H groups in total. The Labute approximate surface area is 191 Å². The minimum Gasteiger partial charge on any atom is -0.491 e. The van der Waals surface area contributed by atoms with Crippen molar-refractivity contribution in [1.82, 2.24) is 19.6 Å². The maximum atomic E-state index is 10.5. The molecule has 6 nitrogen and oxygen atoms in total. The Morgan fingerprint density at radius 1 is 1.03 bits per heavy atom. The molecule has 3 aromatic rings. The van der Waals surface area contributed by atoms with E-state index in [1.165, 1.54) is 24.8 Å². The number of rotatable bonds is 10. The van der Waals surface area contributed by atoms with Crippen molar-refractivity contribution in [2.75, 3.05) is 33.3 Å². The van der Waals surface area contributed by atoms with Crippen LogP contribution in [0.25, 0.3) is 5.69 Å². The minimum absolute atomic E-state index is 0.323. The van der Waals surface area contributed by atoms with Crippen molar-refractivity contribution in [3.63, 3.8) is 0 Å². The average Bonchev–Trinajstić information content (AvgIpc) is 3.34. The van der Waals surface area contributed by atoms with E-state index in [2.05, 4.69) is 52.3 Å². The molecule has 1 fully saturated rings. The second kappa shape index (κ2) is 11.3. The van der Waals surface area contributed by atoms with Crippen LogP contribution < -0.4 is 4.74 Å². The number of aliphatic hydroxyl groups excluding tert-OH is 1. The van der Waals surface area contributed by atoms with Gasteiger partial charge in [0, 0.05) is 37.6 Å². The number of piperidine rings is 1. The number of β-amino-alcohol motifs (C(OH)–C–C–N with tert-alkyl or cyclic N) is 1. The summed E-state index contributed by atoms with van der Waals surface area (Å²) in [6.45, 7) is 4.77. The van der Waals surface area contributed by atoms with Crippen LogP contribution in [-0.4, -0.2) is 64.1 Å². The predicted molar refractivity (Wildman–Crippen MR) is 127 cm³/mol. The quantitative estimate of drug-likeness (QED) is 0.527. The molecule has 0 saturated carbocycles. The Morgan fingerprint density at radius 2 is 1.88 bits per heavy atom. The number of ether oxygens (including phenoxy) is 1. The molecule has 1 aliphatic rings. The third-order valence-electron chi connectivity index (χ3n) is 5.89. The molecule has 1 atom stereocenters. The van der Waals surface area contributed by atoms with Crippen LogP contribution >= 0.6 is 0 Å². The van der Waals surface area contributed by atoms with Crippen molar-refractivity contribution in [3.05, 3.63) is 78.1 Å². The van der Waals surface area contributed by atoms with Crippen molar-refractivity contribution in [2.45, 2.75) is 38.5 Å². The number of aromatic nitrogens is 2. The fourth-order valence-electron chi connectivity index (χ4n) is 4.33. The zero-order valence-electron chi connectivity index (χ0n) is 18.9. The van der Waals surface area contributed by atoms with Gasteiger partial charge in [-0.3, -0.25) is 4.90 Å². The van der Waals surface area contributed by atoms with Crippen LogP contribution in [0.5, 0.6) is 5.75 Å². The second-order valence-corrected chi connectivity index (χ2v) is 8.73. The molecule has 2 heterocycles. The SMILES string of the molecule is CN(Cc1cccc(-n2cccn2)c1)Cc1ccccc1OC[C@@H](O)CN1CCCCC1. The topological polar surface area (TPSA) is 53.8 Å². The minimum atomic E-state index is -0.469. The zero-order chi connectivity index (χ0) is 22.2. The smallest absolute Gasteiger partial charge is 0.123 e. The highest BCUT2D eigenvalue weighted by Crippen LogP contribution is 2.21. The molecule has 0 spiro atoms. The first-order chi connectivity index (χ1) is 15.7. The third-order valence-corrected chi connectivity index (χ3v) is 5.89. The lowest BCUT2D eigenvalue weighted by atomic mass is 10.1. The second-order valence-electron chi connectivity index (χ2n) is 8.73. The Balaban J connectivity index is 1.32. The van der Waals surface area contributed by atoms with Crippen molar-refractivity contribution in [3.8, 4) is 11.4 Å². The van der Waals surface area contributed by atoms with Gasteiger partial charge < -0.3 is 14.7 Å². The predicted octanol–water partition coefficient (Wildman–Crippen LogP) is 3.73. The van der Waals surface area contributed by atoms with E-state index in [-0.39, 0.29) is 0 Å². The van der Waals surface area contributed by atoms with E-state index in [0.717, 1.165) is 43.2 Å². The van der Waals surface area contributed by atoms with Gasteiger partial charge in [-0.1, -0.05) is 36.8 Å². The van der Waals surface area contributed by atoms with E-state index in [0.29, 0.717) is 13.2 Å². The van der Waals surface area contributed by atoms with Crippen LogP contribution in [0.3, 0.4) is 0 Å². The summed E-state index contributed by atoms with van der Waals surface area (Å²) in [5, 5.41) is 14.8. The van der Waals surface area contributed by atoms with Crippen molar-refractivity contribution in [2.24, 2.45) is 0 Å². The molecule has 6 heteroatoms. The molecule has 1 saturated heterocycles. The van der Waals surface area contributed by atoms with Crippen molar-refractivity contribution < 1.29 is 9.84 Å². The molecule has 2 aromatic carbocycles. The lowest BCUT2D eigenvalue weighted by molar-refractivity contribution is 0.0612. The molecule has 0 amide bonds. The number of para-hydroxylation sites is 1. The van der Waals surface area contributed by atoms with E-state index in [1.807, 2.05) is 35.1 Å². The highest BCUT2D eigenvalue weighted by Gasteiger charge is 2.16. The Kier molecular flexibility index (Phi) is 7.93. The monoisotopic (exact) mass is 434 g/mol. The molecular weight excluding hydrogens is 400 g/mol. The van der Waals surface area contributed by atoms with Gasteiger partial charge in [0.15, 0.2) is 0 Å². The van der Waals surface area contributed by atoms with Gasteiger partial charge in [-0.25, -0.2) is 4.68 Å². The van der Waals surface area contributed by atoms with Crippen LogP contribution in [0, 0.1) is 0 Å². The van der Waals surface area contributed by atoms with Gasteiger partial charge in [-0.2, -0.15) is 5.10 Å². The molecule has 0 aliphatic carbocycles. The number of nitrogens with zero attached hydrogens (tertiary/aromatic N) is 4. The number of hydrogen-bond donors (Lipinski definition) is 1. The molecule has 4 rings (SSSR count). The number of benzene rings is 2. The molecule has 1 aromatic heterocycles. The first kappa shape index (κ1) is 22.5. The summed E-state index contributed by atoms with van der Waals surface area (Å²) in [5.74, 6) is 0.849. The lowest BCUT2D eigenvalue weighted by Crippen LogP contribution is -2.38. The molecule has 170 valence electrons. The number of hydrogen-bond acceptors (Lipinski definition) is 5. The standard InChI is InChI=1S/C26H34N4O2/c1-28(18-22-9-7-11-24(17-22)30-16-8-13-27-30)19-23-10-3-4-12-26(23)32-21-25(31)20-29-14-5-2-6-15-29/h3-4,7-13,16-17,25,31H,2,5-6,14-15,18-21H2,1H3/t25-/m0/s1. The van der Waals surface area contributed by atoms with Gasteiger partial charge in [0.1, 0.15) is 18.5 Å². The highest BCUT2D eigenvalue weighted by molar-refractivity contribution is 5.36. The number of likely N-dealkylation sites (tertiary alicyclic amines) is 1. The van der Waals surface area contributed by atoms with Gasteiger partial charge in [0.2, 0.25) is 0 Å². The molecule has 0 radical (unpaired) electrons. The highest BCUT2D eigenvalue weighted by atomic mass is 16.5. The normalized spacial score (nSPS) is 15.7. The fourth-order valence-corrected chi connectivity index (χ4v) is 4.33. The molecular formula is C26H34N4O2. The average molecular weight is 435 g/mol. The lowest BCUT2D eigenvalue weighted by Gasteiger charge is -2.28. The summed E-state index contributed by atoms with van der Waals surface area (Å²) in [6.07, 6.45) is 7.04. The number of aliphatic hydroxyl groups is 1. The summed E-state index contributed by atoms with van der Waals surface area (Å²) in [6, 6.07) is 18.5. The van der Waals surface area contributed by atoms with Gasteiger partial charge in [-0.15, -0.1) is 0 Å². The summed E-state index contributed by atoms with van der Waals surface area (Å²) in [4.78, 5) is 4.61. The van der Waals surface area contributed by atoms with Gasteiger partial charge >= 0.3 is 0 Å². The van der Waals surface area contributed by atoms with E-state index < -0.39 is 6.10 Å². The fraction of sp³-hybridized carbons (Fsp3) is 0.423. The van der Waals surface area contributed by atoms with Crippen molar-refractivity contribution >= 4 is 0 Å². The van der Waals surface area contributed by atoms with E-state index >= 15 is 0 Å². The largest absolute Gasteiger partial charge is 0.491 e. The zero-order valence-corrected chi connectivity index (χ0v) is 18.9. The van der Waals surface area contributed by atoms with Crippen LogP contribution in [0.1, 0.15) is 30.4 Å². The van der Waals surface area contributed by atoms with Gasteiger partial charge in [0.25, 0.3) is 0 Å². The molecule has 1 aliphatic heterocycles. The Bertz CT molecular complexity index is 954. The Morgan fingerprint density at radius 3 is 2.69 bits per heavy atom. The summed E-state index contributed by atoms with van der Waals surface area (Å²) >= 11 is 0. The van der Waals surface area contributed by atoms with Crippen molar-refractivity contribution in [1.29, 1.82) is 0 Å². The third kappa shape index (κ3) is 6.42. The summed E-state index contributed by atoms with van der Waals surface area (Å²) < 4.78 is 7.92. The summed E-state index contributed by atoms with van der Waals surface area (Å²) in [5.41, 5.74) is 3.42. The van der Waals surface area contributed by atoms with E-state index in [1.54, 1.807) is 6.20 Å². The molecule has 0 unspecified atom stereocenters. The van der Waals surface area contributed by atoms with E-state index in [9.17, 15) is 5.11 Å². The Hall–Kier alpha value is -2.67. The first-order valence-corrected chi connectivity index (χ1v) is 11.6. The van der Waals surface area contributed by atoms with Crippen LogP contribution in [0.4, 0.5) is 0 Å². The van der Waals surface area contributed by atoms with Crippen LogP contribution in [-0.2, 0) is 13.1 Å². The van der Waals surface area contributed by atoms with Gasteiger partial charge in [-0.05, 0) is 62.8 Å². The van der Waals surface area contributed by atoms with Crippen LogP contribution in [0.2, 0.25) is 0 Å².